The molecule has 4 aromatic rings. The molecule has 2 aromatic carbocycles. The summed E-state index contributed by atoms with van der Waals surface area (Å²) in [4.78, 5) is 9.95. The second-order valence-corrected chi connectivity index (χ2v) is 9.56. The van der Waals surface area contributed by atoms with E-state index in [1.807, 2.05) is 6.07 Å². The van der Waals surface area contributed by atoms with Crippen molar-refractivity contribution in [2.24, 2.45) is 0 Å². The number of benzene rings is 2. The van der Waals surface area contributed by atoms with Crippen molar-refractivity contribution in [1.29, 1.82) is 0 Å². The fourth-order valence-electron chi connectivity index (χ4n) is 5.63. The molecule has 1 aliphatic rings. The van der Waals surface area contributed by atoms with E-state index in [0.29, 0.717) is 0 Å². The van der Waals surface area contributed by atoms with Gasteiger partial charge >= 0.3 is 0 Å². The number of para-hydroxylation sites is 1. The van der Waals surface area contributed by atoms with E-state index in [1.165, 1.54) is 42.3 Å². The summed E-state index contributed by atoms with van der Waals surface area (Å²) in [7, 11) is 0. The summed E-state index contributed by atoms with van der Waals surface area (Å²) in [6.07, 6.45) is 4.99. The van der Waals surface area contributed by atoms with Crippen LogP contribution in [0.1, 0.15) is 70.3 Å². The molecule has 0 fully saturated rings. The number of imidazole rings is 1. The van der Waals surface area contributed by atoms with Gasteiger partial charge in [0.2, 0.25) is 0 Å². The van der Waals surface area contributed by atoms with E-state index in [-0.39, 0.29) is 10.8 Å². The highest BCUT2D eigenvalue weighted by Gasteiger charge is 2.44. The molecule has 0 amide bonds. The molecule has 1 atom stereocenters. The summed E-state index contributed by atoms with van der Waals surface area (Å²) in [5.74, 6) is 1.00. The second-order valence-electron chi connectivity index (χ2n) is 9.56. The first kappa shape index (κ1) is 17.7. The van der Waals surface area contributed by atoms with Crippen molar-refractivity contribution < 1.29 is 0 Å². The number of fused-ring (bicyclic) bond motifs is 6. The largest absolute Gasteiger partial charge is 0.280 e. The molecule has 5 rings (SSSR count). The van der Waals surface area contributed by atoms with E-state index in [0.717, 1.165) is 27.9 Å². The van der Waals surface area contributed by atoms with Crippen molar-refractivity contribution in [2.75, 3.05) is 0 Å². The number of hydrogen-bond donors (Lipinski definition) is 0. The standard InChI is InChI=1S/C25H29N3/c1-6-7-12-25(5)15-24(3,4)18-14-22-21(13-19(18)25)27-23-17-10-8-9-11-20(17)26-16(2)28(22)23/h8-11,13-14H,6-7,12,15H2,1-5H3. The fraction of sp³-hybridized carbons (Fsp3) is 0.440. The Labute approximate surface area is 166 Å². The molecule has 1 aliphatic carbocycles. The Morgan fingerprint density at radius 3 is 2.57 bits per heavy atom. The van der Waals surface area contributed by atoms with E-state index < -0.39 is 0 Å². The predicted molar refractivity (Wildman–Crippen MR) is 117 cm³/mol. The Hall–Kier alpha value is -2.42. The van der Waals surface area contributed by atoms with Crippen LogP contribution in [0, 0.1) is 6.92 Å². The Morgan fingerprint density at radius 1 is 1.00 bits per heavy atom. The van der Waals surface area contributed by atoms with Crippen molar-refractivity contribution >= 4 is 27.6 Å². The maximum atomic E-state index is 5.10. The summed E-state index contributed by atoms with van der Waals surface area (Å²) in [6, 6.07) is 13.1. The summed E-state index contributed by atoms with van der Waals surface area (Å²) in [5.41, 5.74) is 7.77. The molecule has 3 nitrogen and oxygen atoms in total. The zero-order valence-electron chi connectivity index (χ0n) is 17.6. The lowest BCUT2D eigenvalue weighted by molar-refractivity contribution is 0.347. The Morgan fingerprint density at radius 2 is 1.79 bits per heavy atom. The highest BCUT2D eigenvalue weighted by molar-refractivity contribution is 5.96. The quantitative estimate of drug-likeness (QED) is 0.413. The lowest BCUT2D eigenvalue weighted by Crippen LogP contribution is -2.21. The third kappa shape index (κ3) is 2.35. The number of rotatable bonds is 3. The Balaban J connectivity index is 1.85. The normalized spacial score (nSPS) is 21.0. The van der Waals surface area contributed by atoms with Gasteiger partial charge in [0.15, 0.2) is 0 Å². The van der Waals surface area contributed by atoms with Crippen LogP contribution in [0.5, 0.6) is 0 Å². The number of aromatic nitrogens is 3. The first-order chi connectivity index (χ1) is 13.3. The van der Waals surface area contributed by atoms with Gasteiger partial charge in [-0.15, -0.1) is 0 Å². The smallest absolute Gasteiger partial charge is 0.148 e. The zero-order valence-corrected chi connectivity index (χ0v) is 17.6. The van der Waals surface area contributed by atoms with Crippen LogP contribution in [-0.2, 0) is 10.8 Å². The molecule has 2 heterocycles. The minimum absolute atomic E-state index is 0.189. The molecule has 144 valence electrons. The molecule has 0 bridgehead atoms. The van der Waals surface area contributed by atoms with Gasteiger partial charge in [-0.05, 0) is 66.0 Å². The molecule has 0 spiro atoms. The van der Waals surface area contributed by atoms with Gasteiger partial charge in [-0.2, -0.15) is 0 Å². The third-order valence-corrected chi connectivity index (χ3v) is 6.84. The van der Waals surface area contributed by atoms with E-state index in [9.17, 15) is 0 Å². The predicted octanol–water partition coefficient (Wildman–Crippen LogP) is 6.47. The molecule has 28 heavy (non-hydrogen) atoms. The number of nitrogens with zero attached hydrogens (tertiary/aromatic N) is 3. The van der Waals surface area contributed by atoms with Crippen molar-refractivity contribution in [3.63, 3.8) is 0 Å². The van der Waals surface area contributed by atoms with Gasteiger partial charge in [-0.1, -0.05) is 52.7 Å². The summed E-state index contributed by atoms with van der Waals surface area (Å²) >= 11 is 0. The molecule has 0 N–H and O–H groups in total. The maximum Gasteiger partial charge on any atom is 0.148 e. The van der Waals surface area contributed by atoms with Crippen molar-refractivity contribution in [3.05, 3.63) is 53.3 Å². The molecule has 0 aliphatic heterocycles. The average Bonchev–Trinajstić information content (AvgIpc) is 3.13. The van der Waals surface area contributed by atoms with Gasteiger partial charge in [0, 0.05) is 5.39 Å². The molecule has 1 unspecified atom stereocenters. The van der Waals surface area contributed by atoms with Gasteiger partial charge in [0.1, 0.15) is 11.5 Å². The molecule has 0 saturated carbocycles. The third-order valence-electron chi connectivity index (χ3n) is 6.84. The first-order valence-corrected chi connectivity index (χ1v) is 10.6. The average molecular weight is 372 g/mol. The second kappa shape index (κ2) is 5.79. The lowest BCUT2D eigenvalue weighted by atomic mass is 9.77. The SMILES string of the molecule is CCCCC1(C)CC(C)(C)c2cc3c(cc21)nc1c2ccccc2nc(C)n31. The van der Waals surface area contributed by atoms with Crippen LogP contribution >= 0.6 is 0 Å². The monoisotopic (exact) mass is 371 g/mol. The fourth-order valence-corrected chi connectivity index (χ4v) is 5.63. The van der Waals surface area contributed by atoms with Crippen LogP contribution in [-0.4, -0.2) is 14.4 Å². The maximum absolute atomic E-state index is 5.10. The van der Waals surface area contributed by atoms with Gasteiger partial charge in [0.25, 0.3) is 0 Å². The molecule has 2 aromatic heterocycles. The molecule has 0 radical (unpaired) electrons. The van der Waals surface area contributed by atoms with Crippen LogP contribution in [0.3, 0.4) is 0 Å². The van der Waals surface area contributed by atoms with Gasteiger partial charge in [-0.3, -0.25) is 4.40 Å². The number of aryl methyl sites for hydroxylation is 1. The molecule has 3 heteroatoms. The van der Waals surface area contributed by atoms with E-state index in [2.05, 4.69) is 69.4 Å². The first-order valence-electron chi connectivity index (χ1n) is 10.6. The minimum atomic E-state index is 0.189. The number of unbranched alkanes of at least 4 members (excludes halogenated alkanes) is 1. The zero-order chi connectivity index (χ0) is 19.7. The molecular weight excluding hydrogens is 342 g/mol. The topological polar surface area (TPSA) is 30.2 Å². The van der Waals surface area contributed by atoms with Crippen molar-refractivity contribution in [1.82, 2.24) is 14.4 Å². The van der Waals surface area contributed by atoms with E-state index >= 15 is 0 Å². The van der Waals surface area contributed by atoms with E-state index in [4.69, 9.17) is 9.97 Å². The lowest BCUT2D eigenvalue weighted by Gasteiger charge is -2.27. The van der Waals surface area contributed by atoms with Gasteiger partial charge in [0.05, 0.1) is 16.6 Å². The number of hydrogen-bond acceptors (Lipinski definition) is 2. The molecule has 0 saturated heterocycles. The highest BCUT2D eigenvalue weighted by atomic mass is 15.1. The molecular formula is C25H29N3. The van der Waals surface area contributed by atoms with Crippen LogP contribution < -0.4 is 0 Å². The van der Waals surface area contributed by atoms with Crippen LogP contribution in [0.25, 0.3) is 27.6 Å². The van der Waals surface area contributed by atoms with Gasteiger partial charge in [-0.25, -0.2) is 9.97 Å². The van der Waals surface area contributed by atoms with Crippen molar-refractivity contribution in [2.45, 2.75) is 71.1 Å². The van der Waals surface area contributed by atoms with Crippen LogP contribution in [0.2, 0.25) is 0 Å². The van der Waals surface area contributed by atoms with E-state index in [1.54, 1.807) is 0 Å². The highest BCUT2D eigenvalue weighted by Crippen LogP contribution is 2.52. The van der Waals surface area contributed by atoms with Gasteiger partial charge < -0.3 is 0 Å². The summed E-state index contributed by atoms with van der Waals surface area (Å²) in [6.45, 7) is 11.6. The Kier molecular flexibility index (Phi) is 3.65. The minimum Gasteiger partial charge on any atom is -0.280 e. The summed E-state index contributed by atoms with van der Waals surface area (Å²) in [5, 5.41) is 1.12. The van der Waals surface area contributed by atoms with Crippen LogP contribution in [0.4, 0.5) is 0 Å². The summed E-state index contributed by atoms with van der Waals surface area (Å²) < 4.78 is 2.25. The van der Waals surface area contributed by atoms with Crippen LogP contribution in [0.15, 0.2) is 36.4 Å². The Bertz CT molecular complexity index is 1230. The van der Waals surface area contributed by atoms with Crippen molar-refractivity contribution in [3.8, 4) is 0 Å².